The molecule has 1 aromatic heterocycles. The standard InChI is InChI=1S/C8H10N4O4/c9-7-6(10-16-11-7)8(15)12-2-4(3-12)1-5(13)14/h4H,1-3H2,(H2,9,11)(H,13,14). The van der Waals surface area contributed by atoms with E-state index in [1.807, 2.05) is 0 Å². The van der Waals surface area contributed by atoms with Crippen LogP contribution in [0, 0.1) is 5.92 Å². The number of hydrogen-bond acceptors (Lipinski definition) is 6. The largest absolute Gasteiger partial charge is 0.481 e. The van der Waals surface area contributed by atoms with Crippen molar-refractivity contribution in [2.45, 2.75) is 6.42 Å². The Kier molecular flexibility index (Phi) is 2.47. The summed E-state index contributed by atoms with van der Waals surface area (Å²) in [7, 11) is 0. The Bertz CT molecular complexity index is 423. The lowest BCUT2D eigenvalue weighted by Gasteiger charge is -2.37. The number of aliphatic carboxylic acids is 1. The van der Waals surface area contributed by atoms with Gasteiger partial charge >= 0.3 is 5.97 Å². The number of nitrogens with two attached hydrogens (primary N) is 1. The number of aromatic nitrogens is 2. The predicted octanol–water partition coefficient (Wildman–Crippen LogP) is -0.802. The third-order valence-corrected chi connectivity index (χ3v) is 2.42. The highest BCUT2D eigenvalue weighted by Gasteiger charge is 2.34. The van der Waals surface area contributed by atoms with Crippen LogP contribution in [0.3, 0.4) is 0 Å². The van der Waals surface area contributed by atoms with E-state index in [-0.39, 0.29) is 29.8 Å². The number of likely N-dealkylation sites (tertiary alicyclic amines) is 1. The van der Waals surface area contributed by atoms with Crippen LogP contribution in [-0.4, -0.2) is 45.3 Å². The summed E-state index contributed by atoms with van der Waals surface area (Å²) < 4.78 is 4.31. The van der Waals surface area contributed by atoms with E-state index in [4.69, 9.17) is 10.8 Å². The summed E-state index contributed by atoms with van der Waals surface area (Å²) in [5, 5.41) is 15.2. The normalized spacial score (nSPS) is 15.9. The molecule has 0 bridgehead atoms. The maximum Gasteiger partial charge on any atom is 0.303 e. The molecule has 0 spiro atoms. The van der Waals surface area contributed by atoms with Crippen molar-refractivity contribution in [3.05, 3.63) is 5.69 Å². The Hall–Kier alpha value is -2.12. The molecular formula is C8H10N4O4. The molecule has 0 atom stereocenters. The molecule has 86 valence electrons. The van der Waals surface area contributed by atoms with Gasteiger partial charge in [0.2, 0.25) is 11.5 Å². The van der Waals surface area contributed by atoms with E-state index in [1.54, 1.807) is 0 Å². The minimum Gasteiger partial charge on any atom is -0.481 e. The maximum atomic E-state index is 11.7. The highest BCUT2D eigenvalue weighted by Crippen LogP contribution is 2.22. The molecule has 1 fully saturated rings. The van der Waals surface area contributed by atoms with Crippen LogP contribution < -0.4 is 5.73 Å². The van der Waals surface area contributed by atoms with Gasteiger partial charge in [-0.25, -0.2) is 4.63 Å². The Morgan fingerprint density at radius 1 is 1.50 bits per heavy atom. The summed E-state index contributed by atoms with van der Waals surface area (Å²) in [5.41, 5.74) is 5.34. The molecule has 1 amide bonds. The van der Waals surface area contributed by atoms with E-state index in [1.165, 1.54) is 4.90 Å². The third-order valence-electron chi connectivity index (χ3n) is 2.42. The van der Waals surface area contributed by atoms with Gasteiger partial charge in [0.25, 0.3) is 5.91 Å². The van der Waals surface area contributed by atoms with Gasteiger partial charge in [-0.2, -0.15) is 0 Å². The molecule has 1 saturated heterocycles. The number of carbonyl (C=O) groups is 2. The van der Waals surface area contributed by atoms with Crippen molar-refractivity contribution in [2.24, 2.45) is 5.92 Å². The lowest BCUT2D eigenvalue weighted by molar-refractivity contribution is -0.139. The van der Waals surface area contributed by atoms with Crippen LogP contribution in [0.2, 0.25) is 0 Å². The number of rotatable bonds is 3. The fraction of sp³-hybridized carbons (Fsp3) is 0.500. The molecule has 0 unspecified atom stereocenters. The first-order chi connectivity index (χ1) is 7.58. The first-order valence-corrected chi connectivity index (χ1v) is 4.67. The molecular weight excluding hydrogens is 216 g/mol. The van der Waals surface area contributed by atoms with Gasteiger partial charge in [0.05, 0.1) is 6.42 Å². The Balaban J connectivity index is 1.91. The second-order valence-electron chi connectivity index (χ2n) is 3.67. The number of carboxylic acid groups (broad SMARTS) is 1. The summed E-state index contributed by atoms with van der Waals surface area (Å²) in [6, 6.07) is 0. The van der Waals surface area contributed by atoms with Gasteiger partial charge in [0.1, 0.15) is 0 Å². The fourth-order valence-corrected chi connectivity index (χ4v) is 1.61. The van der Waals surface area contributed by atoms with E-state index in [0.717, 1.165) is 0 Å². The van der Waals surface area contributed by atoms with Crippen LogP contribution in [-0.2, 0) is 4.79 Å². The number of carboxylic acids is 1. The molecule has 2 heterocycles. The smallest absolute Gasteiger partial charge is 0.303 e. The molecule has 0 aromatic carbocycles. The first-order valence-electron chi connectivity index (χ1n) is 4.67. The molecule has 2 rings (SSSR count). The second kappa shape index (κ2) is 3.80. The van der Waals surface area contributed by atoms with Crippen LogP contribution in [0.4, 0.5) is 5.82 Å². The average molecular weight is 226 g/mol. The molecule has 8 nitrogen and oxygen atoms in total. The van der Waals surface area contributed by atoms with Crippen molar-refractivity contribution in [3.63, 3.8) is 0 Å². The number of anilines is 1. The van der Waals surface area contributed by atoms with Crippen molar-refractivity contribution in [2.75, 3.05) is 18.8 Å². The SMILES string of the molecule is Nc1nonc1C(=O)N1CC(CC(=O)O)C1. The topological polar surface area (TPSA) is 123 Å². The molecule has 16 heavy (non-hydrogen) atoms. The van der Waals surface area contributed by atoms with E-state index < -0.39 is 5.97 Å². The summed E-state index contributed by atoms with van der Waals surface area (Å²) >= 11 is 0. The second-order valence-corrected chi connectivity index (χ2v) is 3.67. The zero-order valence-electron chi connectivity index (χ0n) is 8.29. The van der Waals surface area contributed by atoms with E-state index in [2.05, 4.69) is 14.9 Å². The Morgan fingerprint density at radius 3 is 2.69 bits per heavy atom. The van der Waals surface area contributed by atoms with E-state index in [0.29, 0.717) is 13.1 Å². The minimum absolute atomic E-state index is 0.00235. The molecule has 0 saturated carbocycles. The summed E-state index contributed by atoms with van der Waals surface area (Å²) in [5.74, 6) is -1.28. The summed E-state index contributed by atoms with van der Waals surface area (Å²) in [4.78, 5) is 23.5. The lowest BCUT2D eigenvalue weighted by atomic mass is 9.96. The van der Waals surface area contributed by atoms with E-state index in [9.17, 15) is 9.59 Å². The number of hydrogen-bond donors (Lipinski definition) is 2. The van der Waals surface area contributed by atoms with Crippen LogP contribution in [0.1, 0.15) is 16.9 Å². The molecule has 1 aromatic rings. The molecule has 1 aliphatic rings. The van der Waals surface area contributed by atoms with Gasteiger partial charge in [-0.15, -0.1) is 0 Å². The summed E-state index contributed by atoms with van der Waals surface area (Å²) in [6.07, 6.45) is 0.0658. The highest BCUT2D eigenvalue weighted by atomic mass is 16.6. The van der Waals surface area contributed by atoms with Crippen LogP contribution >= 0.6 is 0 Å². The fourth-order valence-electron chi connectivity index (χ4n) is 1.61. The lowest BCUT2D eigenvalue weighted by Crippen LogP contribution is -2.50. The van der Waals surface area contributed by atoms with Crippen molar-refractivity contribution < 1.29 is 19.3 Å². The molecule has 0 radical (unpaired) electrons. The number of nitrogen functional groups attached to an aromatic ring is 1. The van der Waals surface area contributed by atoms with Gasteiger partial charge in [0.15, 0.2) is 0 Å². The van der Waals surface area contributed by atoms with E-state index >= 15 is 0 Å². The molecule has 0 aliphatic carbocycles. The predicted molar refractivity (Wildman–Crippen MR) is 50.4 cm³/mol. The Morgan fingerprint density at radius 2 is 2.19 bits per heavy atom. The van der Waals surface area contributed by atoms with Crippen molar-refractivity contribution in [1.82, 2.24) is 15.2 Å². The first kappa shape index (κ1) is 10.4. The quantitative estimate of drug-likeness (QED) is 0.691. The number of amides is 1. The minimum atomic E-state index is -0.861. The monoisotopic (exact) mass is 226 g/mol. The van der Waals surface area contributed by atoms with Crippen molar-refractivity contribution >= 4 is 17.7 Å². The van der Waals surface area contributed by atoms with Gasteiger partial charge in [-0.05, 0) is 10.3 Å². The average Bonchev–Trinajstić information content (AvgIpc) is 2.56. The highest BCUT2D eigenvalue weighted by molar-refractivity contribution is 5.96. The van der Waals surface area contributed by atoms with Gasteiger partial charge < -0.3 is 15.7 Å². The molecule has 1 aliphatic heterocycles. The van der Waals surface area contributed by atoms with Crippen molar-refractivity contribution in [1.29, 1.82) is 0 Å². The molecule has 8 heteroatoms. The zero-order chi connectivity index (χ0) is 11.7. The Labute approximate surface area is 90.0 Å². The zero-order valence-corrected chi connectivity index (χ0v) is 8.29. The van der Waals surface area contributed by atoms with Crippen molar-refractivity contribution in [3.8, 4) is 0 Å². The van der Waals surface area contributed by atoms with Crippen LogP contribution in [0.25, 0.3) is 0 Å². The van der Waals surface area contributed by atoms with Gasteiger partial charge in [0, 0.05) is 19.0 Å². The number of nitrogens with zero attached hydrogens (tertiary/aromatic N) is 3. The maximum absolute atomic E-state index is 11.7. The van der Waals surface area contributed by atoms with Crippen LogP contribution in [0.15, 0.2) is 4.63 Å². The van der Waals surface area contributed by atoms with Crippen LogP contribution in [0.5, 0.6) is 0 Å². The summed E-state index contributed by atoms with van der Waals surface area (Å²) in [6.45, 7) is 0.800. The number of carbonyl (C=O) groups excluding carboxylic acids is 1. The molecule has 3 N–H and O–H groups in total. The van der Waals surface area contributed by atoms with Gasteiger partial charge in [-0.1, -0.05) is 0 Å². The third kappa shape index (κ3) is 1.81. The van der Waals surface area contributed by atoms with Gasteiger partial charge in [-0.3, -0.25) is 9.59 Å².